The van der Waals surface area contributed by atoms with Crippen molar-refractivity contribution >= 4 is 18.3 Å². The smallest absolute Gasteiger partial charge is 0.238 e. The summed E-state index contributed by atoms with van der Waals surface area (Å²) in [6.45, 7) is 3.04. The lowest BCUT2D eigenvalue weighted by molar-refractivity contribution is -0.137. The molecular weight excluding hydrogens is 388 g/mol. The van der Waals surface area contributed by atoms with Crippen molar-refractivity contribution in [3.8, 4) is 11.5 Å². The highest BCUT2D eigenvalue weighted by molar-refractivity contribution is 5.85. The third-order valence-electron chi connectivity index (χ3n) is 6.13. The molecule has 3 rings (SSSR count). The maximum absolute atomic E-state index is 12.6. The van der Waals surface area contributed by atoms with Gasteiger partial charge in [0.05, 0.1) is 19.3 Å². The van der Waals surface area contributed by atoms with Crippen LogP contribution in [0, 0.1) is 0 Å². The van der Waals surface area contributed by atoms with Gasteiger partial charge >= 0.3 is 0 Å². The molecule has 1 unspecified atom stereocenters. The lowest BCUT2D eigenvalue weighted by atomic mass is 10.0. The van der Waals surface area contributed by atoms with Gasteiger partial charge in [-0.1, -0.05) is 38.7 Å². The number of halogens is 1. The summed E-state index contributed by atoms with van der Waals surface area (Å²) in [7, 11) is 3.71. The van der Waals surface area contributed by atoms with Gasteiger partial charge in [-0.2, -0.15) is 0 Å². The van der Waals surface area contributed by atoms with Crippen molar-refractivity contribution < 1.29 is 14.3 Å². The van der Waals surface area contributed by atoms with E-state index in [1.807, 2.05) is 18.1 Å². The summed E-state index contributed by atoms with van der Waals surface area (Å²) >= 11 is 0. The molecule has 0 aromatic heterocycles. The minimum Gasteiger partial charge on any atom is -0.493 e. The first-order valence-corrected chi connectivity index (χ1v) is 11.0. The second-order valence-electron chi connectivity index (χ2n) is 8.16. The van der Waals surface area contributed by atoms with E-state index in [2.05, 4.69) is 24.1 Å². The topological polar surface area (TPSA) is 42.0 Å². The number of amides is 1. The minimum atomic E-state index is 0. The Morgan fingerprint density at radius 3 is 2.48 bits per heavy atom. The zero-order valence-corrected chi connectivity index (χ0v) is 19.0. The van der Waals surface area contributed by atoms with Crippen molar-refractivity contribution in [3.63, 3.8) is 0 Å². The number of unbranched alkanes of at least 4 members (excludes halogenated alkanes) is 4. The molecule has 1 saturated carbocycles. The van der Waals surface area contributed by atoms with Crippen molar-refractivity contribution in [2.24, 2.45) is 0 Å². The first-order chi connectivity index (χ1) is 13.6. The van der Waals surface area contributed by atoms with Crippen molar-refractivity contribution in [1.29, 1.82) is 0 Å². The van der Waals surface area contributed by atoms with Crippen LogP contribution < -0.4 is 9.47 Å². The van der Waals surface area contributed by atoms with Crippen LogP contribution in [0.3, 0.4) is 0 Å². The second-order valence-corrected chi connectivity index (χ2v) is 8.16. The zero-order chi connectivity index (χ0) is 19.9. The Kier molecular flexibility index (Phi) is 9.57. The third-order valence-corrected chi connectivity index (χ3v) is 6.13. The van der Waals surface area contributed by atoms with E-state index in [1.54, 1.807) is 7.11 Å². The SMILES string of the molecule is CCCCCCCN1C(=O)CC(c2ccc(OC)c(OC3CCCC3)c2)N1C.Cl. The van der Waals surface area contributed by atoms with Crippen LogP contribution in [-0.2, 0) is 4.79 Å². The molecule has 1 aliphatic carbocycles. The Morgan fingerprint density at radius 1 is 1.07 bits per heavy atom. The third kappa shape index (κ3) is 6.02. The number of carbonyl (C=O) groups is 1. The summed E-state index contributed by atoms with van der Waals surface area (Å²) < 4.78 is 11.8. The number of carbonyl (C=O) groups excluding carboxylic acids is 1. The molecule has 1 heterocycles. The Balaban J connectivity index is 0.00000300. The van der Waals surface area contributed by atoms with Gasteiger partial charge in [0, 0.05) is 20.0 Å². The van der Waals surface area contributed by atoms with Gasteiger partial charge in [0.25, 0.3) is 0 Å². The average molecular weight is 425 g/mol. The van der Waals surface area contributed by atoms with Gasteiger partial charge in [0.1, 0.15) is 0 Å². The van der Waals surface area contributed by atoms with Crippen LogP contribution in [0.4, 0.5) is 0 Å². The number of rotatable bonds is 10. The number of benzene rings is 1. The van der Waals surface area contributed by atoms with Gasteiger partial charge in [-0.3, -0.25) is 9.80 Å². The lowest BCUT2D eigenvalue weighted by Gasteiger charge is -2.29. The zero-order valence-electron chi connectivity index (χ0n) is 18.2. The van der Waals surface area contributed by atoms with E-state index in [0.29, 0.717) is 6.42 Å². The molecule has 0 spiro atoms. The van der Waals surface area contributed by atoms with Gasteiger partial charge in [-0.15, -0.1) is 12.4 Å². The van der Waals surface area contributed by atoms with E-state index in [4.69, 9.17) is 9.47 Å². The van der Waals surface area contributed by atoms with Gasteiger partial charge < -0.3 is 9.47 Å². The fraction of sp³-hybridized carbons (Fsp3) is 0.696. The van der Waals surface area contributed by atoms with Crippen molar-refractivity contribution in [3.05, 3.63) is 23.8 Å². The van der Waals surface area contributed by atoms with Gasteiger partial charge in [0.15, 0.2) is 11.5 Å². The van der Waals surface area contributed by atoms with E-state index in [-0.39, 0.29) is 30.5 Å². The monoisotopic (exact) mass is 424 g/mol. The van der Waals surface area contributed by atoms with Gasteiger partial charge in [-0.05, 0) is 49.8 Å². The quantitative estimate of drug-likeness (QED) is 0.463. The van der Waals surface area contributed by atoms with Crippen LogP contribution in [0.5, 0.6) is 11.5 Å². The number of hydrogen-bond acceptors (Lipinski definition) is 4. The summed E-state index contributed by atoms with van der Waals surface area (Å²) in [6, 6.07) is 6.20. The number of nitrogens with zero attached hydrogens (tertiary/aromatic N) is 2. The Hall–Kier alpha value is -1.46. The number of hydrazine groups is 1. The Bertz CT molecular complexity index is 649. The molecule has 0 radical (unpaired) electrons. The van der Waals surface area contributed by atoms with Crippen molar-refractivity contribution in [2.45, 2.75) is 83.3 Å². The molecule has 1 aromatic rings. The van der Waals surface area contributed by atoms with Crippen LogP contribution in [0.2, 0.25) is 0 Å². The fourth-order valence-corrected chi connectivity index (χ4v) is 4.41. The van der Waals surface area contributed by atoms with Crippen molar-refractivity contribution in [1.82, 2.24) is 10.0 Å². The maximum Gasteiger partial charge on any atom is 0.238 e. The molecule has 0 N–H and O–H groups in total. The normalized spacial score (nSPS) is 20.2. The molecule has 1 atom stereocenters. The summed E-state index contributed by atoms with van der Waals surface area (Å²) in [6.07, 6.45) is 11.6. The van der Waals surface area contributed by atoms with Crippen LogP contribution in [0.25, 0.3) is 0 Å². The standard InChI is InChI=1S/C23H36N2O3.ClH/c1-4-5-6-7-10-15-25-23(26)17-20(24(25)2)18-13-14-21(27-3)22(16-18)28-19-11-8-9-12-19;/h13-14,16,19-20H,4-12,15,17H2,1-3H3;1H. The molecule has 0 bridgehead atoms. The second kappa shape index (κ2) is 11.7. The van der Waals surface area contributed by atoms with Gasteiger partial charge in [-0.25, -0.2) is 5.01 Å². The summed E-state index contributed by atoms with van der Waals surface area (Å²) in [5, 5.41) is 4.04. The van der Waals surface area contributed by atoms with Gasteiger partial charge in [0.2, 0.25) is 5.91 Å². The molecule has 164 valence electrons. The molecule has 1 amide bonds. The van der Waals surface area contributed by atoms with E-state index in [0.717, 1.165) is 42.9 Å². The first kappa shape index (κ1) is 23.8. The molecule has 2 fully saturated rings. The first-order valence-electron chi connectivity index (χ1n) is 11.0. The maximum atomic E-state index is 12.6. The largest absolute Gasteiger partial charge is 0.493 e. The van der Waals surface area contributed by atoms with Crippen LogP contribution >= 0.6 is 12.4 Å². The fourth-order valence-electron chi connectivity index (χ4n) is 4.41. The molecule has 1 aromatic carbocycles. The summed E-state index contributed by atoms with van der Waals surface area (Å²) in [5.41, 5.74) is 1.12. The predicted molar refractivity (Wildman–Crippen MR) is 119 cm³/mol. The molecule has 1 saturated heterocycles. The number of hydrogen-bond donors (Lipinski definition) is 0. The lowest BCUT2D eigenvalue weighted by Crippen LogP contribution is -2.37. The molecule has 6 heteroatoms. The highest BCUT2D eigenvalue weighted by Crippen LogP contribution is 2.38. The minimum absolute atomic E-state index is 0. The Labute approximate surface area is 182 Å². The van der Waals surface area contributed by atoms with E-state index in [9.17, 15) is 4.79 Å². The number of methoxy groups -OCH3 is 1. The average Bonchev–Trinajstić information content (AvgIpc) is 3.30. The summed E-state index contributed by atoms with van der Waals surface area (Å²) in [5.74, 6) is 1.80. The van der Waals surface area contributed by atoms with Crippen molar-refractivity contribution in [2.75, 3.05) is 20.7 Å². The molecule has 2 aliphatic rings. The predicted octanol–water partition coefficient (Wildman–Crippen LogP) is 5.53. The number of ether oxygens (including phenoxy) is 2. The Morgan fingerprint density at radius 2 is 1.79 bits per heavy atom. The summed E-state index contributed by atoms with van der Waals surface area (Å²) in [4.78, 5) is 12.6. The van der Waals surface area contributed by atoms with E-state index in [1.165, 1.54) is 38.5 Å². The highest BCUT2D eigenvalue weighted by Gasteiger charge is 2.36. The van der Waals surface area contributed by atoms with E-state index >= 15 is 0 Å². The van der Waals surface area contributed by atoms with Crippen LogP contribution in [0.1, 0.15) is 82.7 Å². The highest BCUT2D eigenvalue weighted by atomic mass is 35.5. The molecule has 1 aliphatic heterocycles. The van der Waals surface area contributed by atoms with Crippen LogP contribution in [-0.4, -0.2) is 42.7 Å². The molecule has 29 heavy (non-hydrogen) atoms. The van der Waals surface area contributed by atoms with Crippen LogP contribution in [0.15, 0.2) is 18.2 Å². The molecular formula is C23H37ClN2O3. The molecule has 5 nitrogen and oxygen atoms in total. The van der Waals surface area contributed by atoms with E-state index < -0.39 is 0 Å².